The van der Waals surface area contributed by atoms with E-state index in [1.165, 1.54) is 17.1 Å². The molecule has 0 bridgehead atoms. The van der Waals surface area contributed by atoms with Crippen molar-refractivity contribution in [3.8, 4) is 16.8 Å². The summed E-state index contributed by atoms with van der Waals surface area (Å²) in [7, 11) is 0. The normalized spacial score (nSPS) is 12.3. The standard InChI is InChI=1S/C22H20FN9/c1-3-18(17-11-32(30-29-17)19-7-5-4-6-16(19)23)31-10-15(14-8-25-13(2)26-9-14)20-21(24)27-12-28-22(20)31/h4-12,18H,3H2,1-2H3,(H2,24,27,28). The first kappa shape index (κ1) is 19.7. The van der Waals surface area contributed by atoms with E-state index in [9.17, 15) is 4.39 Å². The Bertz CT molecular complexity index is 1400. The number of anilines is 1. The second kappa shape index (κ2) is 7.80. The fraction of sp³-hybridized carbons (Fsp3) is 0.182. The minimum Gasteiger partial charge on any atom is -0.383 e. The summed E-state index contributed by atoms with van der Waals surface area (Å²) in [6.45, 7) is 3.87. The Morgan fingerprint density at radius 1 is 1.06 bits per heavy atom. The lowest BCUT2D eigenvalue weighted by atomic mass is 10.1. The Hall–Kier alpha value is -4.21. The number of aromatic nitrogens is 8. The number of nitrogen functional groups attached to an aromatic ring is 1. The molecule has 0 amide bonds. The van der Waals surface area contributed by atoms with Crippen LogP contribution in [0, 0.1) is 12.7 Å². The van der Waals surface area contributed by atoms with Gasteiger partial charge in [0, 0.05) is 29.7 Å². The molecule has 5 rings (SSSR count). The van der Waals surface area contributed by atoms with E-state index in [0.29, 0.717) is 35.1 Å². The van der Waals surface area contributed by atoms with Crippen molar-refractivity contribution in [3.63, 3.8) is 0 Å². The molecule has 0 aliphatic rings. The number of para-hydroxylation sites is 1. The number of benzene rings is 1. The van der Waals surface area contributed by atoms with E-state index >= 15 is 0 Å². The van der Waals surface area contributed by atoms with Gasteiger partial charge < -0.3 is 10.3 Å². The van der Waals surface area contributed by atoms with Gasteiger partial charge in [0.2, 0.25) is 0 Å². The van der Waals surface area contributed by atoms with Crippen LogP contribution >= 0.6 is 0 Å². The van der Waals surface area contributed by atoms with Gasteiger partial charge in [-0.3, -0.25) is 0 Å². The number of aryl methyl sites for hydroxylation is 1. The molecule has 0 spiro atoms. The van der Waals surface area contributed by atoms with Crippen molar-refractivity contribution in [2.24, 2.45) is 0 Å². The minimum absolute atomic E-state index is 0.201. The minimum atomic E-state index is -0.370. The molecule has 0 saturated carbocycles. The zero-order valence-electron chi connectivity index (χ0n) is 17.5. The van der Waals surface area contributed by atoms with Gasteiger partial charge in [-0.05, 0) is 25.5 Å². The lowest BCUT2D eigenvalue weighted by Crippen LogP contribution is -2.10. The molecular weight excluding hydrogens is 409 g/mol. The van der Waals surface area contributed by atoms with Crippen molar-refractivity contribution < 1.29 is 4.39 Å². The summed E-state index contributed by atoms with van der Waals surface area (Å²) in [4.78, 5) is 17.3. The lowest BCUT2D eigenvalue weighted by molar-refractivity contribution is 0.564. The Morgan fingerprint density at radius 3 is 2.59 bits per heavy atom. The zero-order chi connectivity index (χ0) is 22.2. The Morgan fingerprint density at radius 2 is 1.84 bits per heavy atom. The van der Waals surface area contributed by atoms with Crippen molar-refractivity contribution >= 4 is 16.9 Å². The Balaban J connectivity index is 1.65. The second-order valence-corrected chi connectivity index (χ2v) is 7.39. The van der Waals surface area contributed by atoms with Gasteiger partial charge >= 0.3 is 0 Å². The average molecular weight is 429 g/mol. The molecule has 4 heterocycles. The molecule has 10 heteroatoms. The summed E-state index contributed by atoms with van der Waals surface area (Å²) in [6, 6.07) is 6.24. The van der Waals surface area contributed by atoms with Crippen LogP contribution < -0.4 is 5.73 Å². The van der Waals surface area contributed by atoms with Crippen molar-refractivity contribution in [3.05, 3.63) is 72.7 Å². The maximum Gasteiger partial charge on any atom is 0.148 e. The number of hydrogen-bond acceptors (Lipinski definition) is 7. The number of fused-ring (bicyclic) bond motifs is 1. The molecule has 0 radical (unpaired) electrons. The molecule has 0 fully saturated rings. The Kier molecular flexibility index (Phi) is 4.81. The van der Waals surface area contributed by atoms with Crippen molar-refractivity contribution in [1.82, 2.24) is 39.5 Å². The molecule has 0 saturated heterocycles. The molecule has 1 unspecified atom stereocenters. The maximum absolute atomic E-state index is 14.2. The SMILES string of the molecule is CCC(c1cn(-c2ccccc2F)nn1)n1cc(-c2cnc(C)nc2)c2c(N)ncnc21. The van der Waals surface area contributed by atoms with Gasteiger partial charge in [-0.1, -0.05) is 24.3 Å². The first-order valence-corrected chi connectivity index (χ1v) is 10.1. The number of nitrogens with zero attached hydrogens (tertiary/aromatic N) is 8. The summed E-state index contributed by atoms with van der Waals surface area (Å²) in [6.07, 6.45) is 9.34. The third-order valence-corrected chi connectivity index (χ3v) is 5.40. The fourth-order valence-electron chi connectivity index (χ4n) is 3.83. The van der Waals surface area contributed by atoms with E-state index in [-0.39, 0.29) is 11.9 Å². The second-order valence-electron chi connectivity index (χ2n) is 7.39. The lowest BCUT2D eigenvalue weighted by Gasteiger charge is -2.15. The van der Waals surface area contributed by atoms with Gasteiger partial charge in [-0.15, -0.1) is 5.10 Å². The predicted molar refractivity (Wildman–Crippen MR) is 117 cm³/mol. The zero-order valence-corrected chi connectivity index (χ0v) is 17.5. The Labute approximate surface area is 182 Å². The number of rotatable bonds is 5. The van der Waals surface area contributed by atoms with Crippen LogP contribution in [0.5, 0.6) is 0 Å². The van der Waals surface area contributed by atoms with E-state index < -0.39 is 0 Å². The van der Waals surface area contributed by atoms with Gasteiger partial charge in [0.15, 0.2) is 0 Å². The van der Waals surface area contributed by atoms with E-state index in [1.807, 2.05) is 24.6 Å². The highest BCUT2D eigenvalue weighted by Crippen LogP contribution is 2.35. The van der Waals surface area contributed by atoms with E-state index in [4.69, 9.17) is 5.73 Å². The highest BCUT2D eigenvalue weighted by Gasteiger charge is 2.23. The van der Waals surface area contributed by atoms with Crippen LogP contribution in [0.1, 0.15) is 30.9 Å². The van der Waals surface area contributed by atoms with Crippen LogP contribution in [0.4, 0.5) is 10.2 Å². The summed E-state index contributed by atoms with van der Waals surface area (Å²) in [5, 5.41) is 9.20. The number of hydrogen-bond donors (Lipinski definition) is 1. The molecule has 32 heavy (non-hydrogen) atoms. The van der Waals surface area contributed by atoms with Crippen LogP contribution in [-0.2, 0) is 0 Å². The average Bonchev–Trinajstić information content (AvgIpc) is 3.42. The maximum atomic E-state index is 14.2. The molecule has 9 nitrogen and oxygen atoms in total. The predicted octanol–water partition coefficient (Wildman–Crippen LogP) is 3.50. The number of halogens is 1. The summed E-state index contributed by atoms with van der Waals surface area (Å²) < 4.78 is 17.7. The van der Waals surface area contributed by atoms with E-state index in [2.05, 4.69) is 30.2 Å². The molecule has 0 aliphatic heterocycles. The topological polar surface area (TPSA) is 113 Å². The molecule has 1 aromatic carbocycles. The van der Waals surface area contributed by atoms with Crippen LogP contribution in [-0.4, -0.2) is 39.5 Å². The molecule has 0 aliphatic carbocycles. The highest BCUT2D eigenvalue weighted by atomic mass is 19.1. The molecule has 4 aromatic heterocycles. The molecule has 1 atom stereocenters. The van der Waals surface area contributed by atoms with Crippen molar-refractivity contribution in [1.29, 1.82) is 0 Å². The van der Waals surface area contributed by atoms with Gasteiger partial charge in [0.25, 0.3) is 0 Å². The van der Waals surface area contributed by atoms with E-state index in [0.717, 1.165) is 16.5 Å². The third kappa shape index (κ3) is 3.25. The van der Waals surface area contributed by atoms with Crippen LogP contribution in [0.15, 0.2) is 55.4 Å². The summed E-state index contributed by atoms with van der Waals surface area (Å²) >= 11 is 0. The molecular formula is C22H20FN9. The van der Waals surface area contributed by atoms with Crippen LogP contribution in [0.2, 0.25) is 0 Å². The first-order chi connectivity index (χ1) is 15.6. The third-order valence-electron chi connectivity index (χ3n) is 5.40. The molecule has 160 valence electrons. The van der Waals surface area contributed by atoms with Gasteiger partial charge in [0.05, 0.1) is 17.6 Å². The monoisotopic (exact) mass is 429 g/mol. The van der Waals surface area contributed by atoms with Gasteiger partial charge in [-0.2, -0.15) is 0 Å². The summed E-state index contributed by atoms with van der Waals surface area (Å²) in [5.74, 6) is 0.678. The van der Waals surface area contributed by atoms with Gasteiger partial charge in [-0.25, -0.2) is 29.0 Å². The van der Waals surface area contributed by atoms with Crippen molar-refractivity contribution in [2.75, 3.05) is 5.73 Å². The van der Waals surface area contributed by atoms with Crippen LogP contribution in [0.3, 0.4) is 0 Å². The fourth-order valence-corrected chi connectivity index (χ4v) is 3.83. The smallest absolute Gasteiger partial charge is 0.148 e. The van der Waals surface area contributed by atoms with E-state index in [1.54, 1.807) is 36.8 Å². The summed E-state index contributed by atoms with van der Waals surface area (Å²) in [5.41, 5.74) is 9.56. The largest absolute Gasteiger partial charge is 0.383 e. The van der Waals surface area contributed by atoms with Crippen LogP contribution in [0.25, 0.3) is 27.8 Å². The highest BCUT2D eigenvalue weighted by molar-refractivity contribution is 6.00. The first-order valence-electron chi connectivity index (χ1n) is 10.1. The molecule has 5 aromatic rings. The van der Waals surface area contributed by atoms with Gasteiger partial charge in [0.1, 0.15) is 40.8 Å². The van der Waals surface area contributed by atoms with Crippen molar-refractivity contribution in [2.45, 2.75) is 26.3 Å². The number of nitrogens with two attached hydrogens (primary N) is 1. The molecule has 2 N–H and O–H groups in total. The quantitative estimate of drug-likeness (QED) is 0.455.